The minimum Gasteiger partial charge on any atom is -0.444 e. The predicted molar refractivity (Wildman–Crippen MR) is 68.2 cm³/mol. The van der Waals surface area contributed by atoms with Crippen LogP contribution in [0.3, 0.4) is 0 Å². The lowest BCUT2D eigenvalue weighted by molar-refractivity contribution is -0.120. The van der Waals surface area contributed by atoms with Gasteiger partial charge in [-0.1, -0.05) is 0 Å². The van der Waals surface area contributed by atoms with Crippen molar-refractivity contribution in [3.05, 3.63) is 0 Å². The number of hydrogen-bond donors (Lipinski definition) is 0. The van der Waals surface area contributed by atoms with Gasteiger partial charge in [0.05, 0.1) is 0 Å². The maximum atomic E-state index is 11.9. The summed E-state index contributed by atoms with van der Waals surface area (Å²) in [6.45, 7) is 8.83. The normalized spacial score (nSPS) is 31.3. The van der Waals surface area contributed by atoms with E-state index < -0.39 is 5.60 Å². The summed E-state index contributed by atoms with van der Waals surface area (Å²) in [5.41, 5.74) is -0.434. The molecule has 2 atom stereocenters. The van der Waals surface area contributed by atoms with Gasteiger partial charge in [-0.15, -0.1) is 0 Å². The Hall–Kier alpha value is -1.06. The van der Waals surface area contributed by atoms with Gasteiger partial charge < -0.3 is 9.64 Å². The van der Waals surface area contributed by atoms with Crippen molar-refractivity contribution in [1.29, 1.82) is 0 Å². The molecule has 2 unspecified atom stereocenters. The second-order valence-electron chi connectivity index (χ2n) is 6.68. The molecule has 2 rings (SSSR count). The number of carbonyl (C=O) groups is 2. The van der Waals surface area contributed by atoms with Crippen molar-refractivity contribution in [2.75, 3.05) is 13.1 Å². The van der Waals surface area contributed by atoms with Crippen LogP contribution in [0.4, 0.5) is 4.79 Å². The minimum atomic E-state index is -0.434. The van der Waals surface area contributed by atoms with Crippen molar-refractivity contribution in [3.8, 4) is 0 Å². The van der Waals surface area contributed by atoms with Crippen LogP contribution in [-0.4, -0.2) is 35.5 Å². The van der Waals surface area contributed by atoms with E-state index >= 15 is 0 Å². The highest BCUT2D eigenvalue weighted by atomic mass is 16.6. The van der Waals surface area contributed by atoms with Crippen LogP contribution < -0.4 is 0 Å². The molecule has 102 valence electrons. The molecule has 1 aliphatic carbocycles. The van der Waals surface area contributed by atoms with Crippen molar-refractivity contribution in [3.63, 3.8) is 0 Å². The number of ether oxygens (including phenoxy) is 1. The first-order valence-corrected chi connectivity index (χ1v) is 6.74. The van der Waals surface area contributed by atoms with E-state index in [2.05, 4.69) is 0 Å². The van der Waals surface area contributed by atoms with E-state index in [4.69, 9.17) is 4.74 Å². The first-order valence-electron chi connectivity index (χ1n) is 6.74. The third-order valence-electron chi connectivity index (χ3n) is 3.98. The second kappa shape index (κ2) is 4.56. The Morgan fingerprint density at radius 3 is 2.00 bits per heavy atom. The van der Waals surface area contributed by atoms with E-state index in [0.717, 1.165) is 25.9 Å². The number of likely N-dealkylation sites (tertiary alicyclic amines) is 1. The standard InChI is InChI=1S/C14H23NO3/c1-9(16)10-5-11-7-15(8-12(11)6-10)13(17)18-14(2,3)4/h10-12H,5-8H2,1-4H3. The minimum absolute atomic E-state index is 0.212. The summed E-state index contributed by atoms with van der Waals surface area (Å²) in [7, 11) is 0. The first kappa shape index (κ1) is 13.4. The van der Waals surface area contributed by atoms with Gasteiger partial charge in [0, 0.05) is 19.0 Å². The van der Waals surface area contributed by atoms with E-state index in [1.807, 2.05) is 20.8 Å². The summed E-state index contributed by atoms with van der Waals surface area (Å²) in [6.07, 6.45) is 1.68. The Morgan fingerprint density at radius 1 is 1.11 bits per heavy atom. The van der Waals surface area contributed by atoms with Gasteiger partial charge in [-0.3, -0.25) is 4.79 Å². The quantitative estimate of drug-likeness (QED) is 0.721. The van der Waals surface area contributed by atoms with Gasteiger partial charge in [0.2, 0.25) is 0 Å². The highest BCUT2D eigenvalue weighted by molar-refractivity contribution is 5.78. The van der Waals surface area contributed by atoms with Crippen LogP contribution in [0.25, 0.3) is 0 Å². The Labute approximate surface area is 109 Å². The molecule has 18 heavy (non-hydrogen) atoms. The average molecular weight is 253 g/mol. The number of amides is 1. The zero-order valence-corrected chi connectivity index (χ0v) is 11.7. The fourth-order valence-corrected chi connectivity index (χ4v) is 3.11. The van der Waals surface area contributed by atoms with Crippen molar-refractivity contribution in [1.82, 2.24) is 4.90 Å². The van der Waals surface area contributed by atoms with Crippen molar-refractivity contribution < 1.29 is 14.3 Å². The molecule has 0 N–H and O–H groups in total. The van der Waals surface area contributed by atoms with Crippen molar-refractivity contribution >= 4 is 11.9 Å². The van der Waals surface area contributed by atoms with Crippen LogP contribution in [0.2, 0.25) is 0 Å². The summed E-state index contributed by atoms with van der Waals surface area (Å²) in [4.78, 5) is 25.1. The highest BCUT2D eigenvalue weighted by Crippen LogP contribution is 2.42. The fraction of sp³-hybridized carbons (Fsp3) is 0.857. The SMILES string of the molecule is CC(=O)C1CC2CN(C(=O)OC(C)(C)C)CC2C1. The molecule has 2 fully saturated rings. The Morgan fingerprint density at radius 2 is 1.61 bits per heavy atom. The Kier molecular flexibility index (Phi) is 3.39. The number of carbonyl (C=O) groups excluding carboxylic acids is 2. The molecule has 0 spiro atoms. The van der Waals surface area contributed by atoms with Crippen LogP contribution in [0.1, 0.15) is 40.5 Å². The molecule has 0 aromatic carbocycles. The first-order chi connectivity index (χ1) is 8.26. The molecule has 4 nitrogen and oxygen atoms in total. The van der Waals surface area contributed by atoms with Crippen LogP contribution in [0.5, 0.6) is 0 Å². The zero-order valence-electron chi connectivity index (χ0n) is 11.7. The maximum Gasteiger partial charge on any atom is 0.410 e. The summed E-state index contributed by atoms with van der Waals surface area (Å²) in [5, 5.41) is 0. The number of nitrogens with zero attached hydrogens (tertiary/aromatic N) is 1. The smallest absolute Gasteiger partial charge is 0.410 e. The maximum absolute atomic E-state index is 11.9. The summed E-state index contributed by atoms with van der Waals surface area (Å²) < 4.78 is 5.38. The highest BCUT2D eigenvalue weighted by Gasteiger charge is 2.44. The number of rotatable bonds is 1. The summed E-state index contributed by atoms with van der Waals surface area (Å²) in [5.74, 6) is 1.51. The number of ketones is 1. The summed E-state index contributed by atoms with van der Waals surface area (Å²) in [6, 6.07) is 0. The van der Waals surface area contributed by atoms with E-state index in [1.165, 1.54) is 0 Å². The van der Waals surface area contributed by atoms with E-state index in [0.29, 0.717) is 17.6 Å². The van der Waals surface area contributed by atoms with Gasteiger partial charge in [-0.2, -0.15) is 0 Å². The van der Waals surface area contributed by atoms with Gasteiger partial charge in [0.25, 0.3) is 0 Å². The third-order valence-corrected chi connectivity index (χ3v) is 3.98. The van der Waals surface area contributed by atoms with Crippen molar-refractivity contribution in [2.24, 2.45) is 17.8 Å². The molecule has 0 radical (unpaired) electrons. The Bertz CT molecular complexity index is 345. The topological polar surface area (TPSA) is 46.6 Å². The second-order valence-corrected chi connectivity index (χ2v) is 6.68. The van der Waals surface area contributed by atoms with E-state index in [9.17, 15) is 9.59 Å². The average Bonchev–Trinajstić information content (AvgIpc) is 2.69. The van der Waals surface area contributed by atoms with E-state index in [1.54, 1.807) is 11.8 Å². The predicted octanol–water partition coefficient (Wildman–Crippen LogP) is 2.47. The summed E-state index contributed by atoms with van der Waals surface area (Å²) >= 11 is 0. The van der Waals surface area contributed by atoms with Gasteiger partial charge >= 0.3 is 6.09 Å². The van der Waals surface area contributed by atoms with Gasteiger partial charge in [0.1, 0.15) is 11.4 Å². The monoisotopic (exact) mass is 253 g/mol. The molecule has 1 aliphatic heterocycles. The van der Waals surface area contributed by atoms with Crippen molar-refractivity contribution in [2.45, 2.75) is 46.1 Å². The molecule has 1 heterocycles. The molecular weight excluding hydrogens is 230 g/mol. The molecule has 0 aromatic rings. The van der Waals surface area contributed by atoms with Crippen LogP contribution in [0, 0.1) is 17.8 Å². The van der Waals surface area contributed by atoms with Crippen LogP contribution >= 0.6 is 0 Å². The molecule has 0 aromatic heterocycles. The van der Waals surface area contributed by atoms with Gasteiger partial charge in [-0.25, -0.2) is 4.79 Å². The molecule has 1 saturated carbocycles. The van der Waals surface area contributed by atoms with Crippen LogP contribution in [-0.2, 0) is 9.53 Å². The fourth-order valence-electron chi connectivity index (χ4n) is 3.11. The lowest BCUT2D eigenvalue weighted by Gasteiger charge is -2.25. The largest absolute Gasteiger partial charge is 0.444 e. The van der Waals surface area contributed by atoms with Gasteiger partial charge in [0.15, 0.2) is 0 Å². The molecule has 1 amide bonds. The Balaban J connectivity index is 1.89. The van der Waals surface area contributed by atoms with Crippen LogP contribution in [0.15, 0.2) is 0 Å². The molecule has 4 heteroatoms. The molecule has 0 bridgehead atoms. The third kappa shape index (κ3) is 2.85. The van der Waals surface area contributed by atoms with Gasteiger partial charge in [-0.05, 0) is 52.4 Å². The molecular formula is C14H23NO3. The number of hydrogen-bond acceptors (Lipinski definition) is 3. The molecule has 1 saturated heterocycles. The molecule has 2 aliphatic rings. The lowest BCUT2D eigenvalue weighted by atomic mass is 10.0. The zero-order chi connectivity index (χ0) is 13.5. The number of fused-ring (bicyclic) bond motifs is 1. The number of Topliss-reactive ketones (excluding diaryl/α,β-unsaturated/α-hetero) is 1. The van der Waals surface area contributed by atoms with E-state index in [-0.39, 0.29) is 12.0 Å². The lowest BCUT2D eigenvalue weighted by Crippen LogP contribution is -2.36.